The van der Waals surface area contributed by atoms with Gasteiger partial charge in [0.15, 0.2) is 0 Å². The highest BCUT2D eigenvalue weighted by Crippen LogP contribution is 2.26. The zero-order valence-electron chi connectivity index (χ0n) is 28.3. The summed E-state index contributed by atoms with van der Waals surface area (Å²) in [4.78, 5) is 8.81. The topological polar surface area (TPSA) is 70.9 Å². The molecule has 2 unspecified atom stereocenters. The second kappa shape index (κ2) is 24.0. The van der Waals surface area contributed by atoms with E-state index in [-0.39, 0.29) is 6.54 Å². The van der Waals surface area contributed by atoms with Gasteiger partial charge in [-0.1, -0.05) is 78.1 Å². The average Bonchev–Trinajstić information content (AvgIpc) is 2.96. The fourth-order valence-corrected chi connectivity index (χ4v) is 4.23. The van der Waals surface area contributed by atoms with Gasteiger partial charge in [-0.05, 0) is 95.7 Å². The molecular formula is C35H63F2N5. The van der Waals surface area contributed by atoms with Crippen LogP contribution in [-0.4, -0.2) is 61.2 Å². The molecule has 1 fully saturated rings. The van der Waals surface area contributed by atoms with Gasteiger partial charge in [0.25, 0.3) is 5.92 Å². The number of piperidine rings is 1. The summed E-state index contributed by atoms with van der Waals surface area (Å²) in [6.07, 6.45) is 10.7. The fraction of sp³-hybridized carbons (Fsp3) is 0.629. The molecule has 0 aromatic heterocycles. The fourth-order valence-electron chi connectivity index (χ4n) is 4.23. The van der Waals surface area contributed by atoms with Crippen LogP contribution in [0.25, 0.3) is 11.8 Å². The molecule has 2 rings (SSSR count). The molecule has 5 nitrogen and oxygen atoms in total. The molecule has 1 aliphatic rings. The van der Waals surface area contributed by atoms with Gasteiger partial charge in [-0.25, -0.2) is 8.78 Å². The van der Waals surface area contributed by atoms with Crippen LogP contribution in [0.5, 0.6) is 0 Å². The van der Waals surface area contributed by atoms with E-state index in [1.165, 1.54) is 12.6 Å². The number of halogens is 2. The third-order valence-electron chi connectivity index (χ3n) is 7.15. The van der Waals surface area contributed by atoms with Crippen LogP contribution in [0.4, 0.5) is 8.78 Å². The van der Waals surface area contributed by atoms with Crippen LogP contribution in [0.2, 0.25) is 0 Å². The van der Waals surface area contributed by atoms with E-state index in [2.05, 4.69) is 57.8 Å². The van der Waals surface area contributed by atoms with E-state index in [1.807, 2.05) is 49.2 Å². The first-order valence-corrected chi connectivity index (χ1v) is 15.7. The summed E-state index contributed by atoms with van der Waals surface area (Å²) < 4.78 is 26.2. The van der Waals surface area contributed by atoms with Gasteiger partial charge in [0.05, 0.1) is 12.2 Å². The quantitative estimate of drug-likeness (QED) is 0.239. The number of nitrogens with zero attached hydrogens (tertiary/aromatic N) is 3. The summed E-state index contributed by atoms with van der Waals surface area (Å²) in [6, 6.07) is 8.72. The third kappa shape index (κ3) is 21.2. The maximum Gasteiger partial charge on any atom is 0.257 e. The molecule has 0 saturated carbocycles. The number of aliphatic imine (C=N–C) groups is 1. The van der Waals surface area contributed by atoms with Crippen LogP contribution in [0, 0.1) is 11.8 Å². The van der Waals surface area contributed by atoms with E-state index in [1.54, 1.807) is 13.0 Å². The molecule has 2 atom stereocenters. The second-order valence-electron chi connectivity index (χ2n) is 11.2. The number of alkyl halides is 2. The average molecular weight is 592 g/mol. The smallest absolute Gasteiger partial charge is 0.257 e. The molecular weight excluding hydrogens is 528 g/mol. The third-order valence-corrected chi connectivity index (χ3v) is 7.15. The molecule has 0 bridgehead atoms. The normalized spacial score (nSPS) is 15.9. The van der Waals surface area contributed by atoms with E-state index in [4.69, 9.17) is 11.5 Å². The largest absolute Gasteiger partial charge is 0.403 e. The van der Waals surface area contributed by atoms with Crippen molar-refractivity contribution in [2.24, 2.45) is 28.3 Å². The Morgan fingerprint density at radius 1 is 1.17 bits per heavy atom. The highest BCUT2D eigenvalue weighted by atomic mass is 19.3. The van der Waals surface area contributed by atoms with Crippen molar-refractivity contribution in [3.05, 3.63) is 60.4 Å². The summed E-state index contributed by atoms with van der Waals surface area (Å²) in [5, 5.41) is 0. The van der Waals surface area contributed by atoms with E-state index < -0.39 is 5.92 Å². The number of hydrogen-bond donors (Lipinski definition) is 2. The Labute approximate surface area is 257 Å². The van der Waals surface area contributed by atoms with Crippen LogP contribution in [0.3, 0.4) is 0 Å². The van der Waals surface area contributed by atoms with E-state index in [0.29, 0.717) is 17.5 Å². The molecule has 42 heavy (non-hydrogen) atoms. The number of nitrogens with two attached hydrogens (primary N) is 2. The maximum atomic E-state index is 13.1. The van der Waals surface area contributed by atoms with Crippen molar-refractivity contribution in [2.75, 3.05) is 33.2 Å². The lowest BCUT2D eigenvalue weighted by Crippen LogP contribution is -2.40. The number of likely N-dealkylation sites (tertiary alicyclic amines) is 1. The molecule has 0 aliphatic carbocycles. The minimum atomic E-state index is -2.60. The molecule has 0 spiro atoms. The van der Waals surface area contributed by atoms with Crippen molar-refractivity contribution in [2.45, 2.75) is 99.5 Å². The molecule has 1 aliphatic heterocycles. The first-order valence-electron chi connectivity index (χ1n) is 15.7. The lowest BCUT2D eigenvalue weighted by atomic mass is 9.89. The summed E-state index contributed by atoms with van der Waals surface area (Å²) in [5.41, 5.74) is 14.1. The Morgan fingerprint density at radius 3 is 2.07 bits per heavy atom. The van der Waals surface area contributed by atoms with Crippen molar-refractivity contribution in [3.8, 4) is 0 Å². The maximum absolute atomic E-state index is 13.1. The highest BCUT2D eigenvalue weighted by Gasteiger charge is 2.28. The van der Waals surface area contributed by atoms with E-state index in [0.717, 1.165) is 75.1 Å². The zero-order valence-corrected chi connectivity index (χ0v) is 28.3. The molecule has 4 N–H and O–H groups in total. The second-order valence-corrected chi connectivity index (χ2v) is 11.2. The highest BCUT2D eigenvalue weighted by molar-refractivity contribution is 5.75. The number of allylic oxidation sites excluding steroid dienone is 1. The molecule has 1 aromatic rings. The lowest BCUT2D eigenvalue weighted by molar-refractivity contribution is -0.0226. The summed E-state index contributed by atoms with van der Waals surface area (Å²) in [6.45, 7) is 25.2. The SMILES string of the molecule is C=C(C)N.C=Cc1ccc(/C(=C/N)N=CC(C)CCC2CCN(CC(C)(F)F)CC2)cc1.CC.CCC(C)N(C)CC. The number of rotatable bonds is 12. The predicted octanol–water partition coefficient (Wildman–Crippen LogP) is 8.68. The standard InChI is InChI=1S/C23H33F2N3.C7H17N.C3H7N.C2H6/c1-4-19-7-9-21(10-8-19)22(15-26)27-16-18(2)5-6-20-11-13-28(14-12-20)17-23(3,24)25;1-5-7(3)8(4)6-2;1-3(2)4;1-2/h4,7-10,15-16,18,20H,1,5-6,11-14,17,26H2,2-3H3;7H,5-6H2,1-4H3;1,4H2,2H3;1-2H3/b22-15-,27-16?;;;. The molecule has 7 heteroatoms. The lowest BCUT2D eigenvalue weighted by Gasteiger charge is -2.33. The van der Waals surface area contributed by atoms with Crippen LogP contribution >= 0.6 is 0 Å². The van der Waals surface area contributed by atoms with Crippen LogP contribution < -0.4 is 11.5 Å². The summed E-state index contributed by atoms with van der Waals surface area (Å²) >= 11 is 0. The number of hydrogen-bond acceptors (Lipinski definition) is 5. The minimum Gasteiger partial charge on any atom is -0.403 e. The monoisotopic (exact) mass is 592 g/mol. The van der Waals surface area contributed by atoms with Crippen LogP contribution in [-0.2, 0) is 0 Å². The van der Waals surface area contributed by atoms with Gasteiger partial charge < -0.3 is 16.4 Å². The minimum absolute atomic E-state index is 0.120. The molecule has 0 amide bonds. The van der Waals surface area contributed by atoms with Gasteiger partial charge in [0.2, 0.25) is 0 Å². The van der Waals surface area contributed by atoms with Gasteiger partial charge in [0.1, 0.15) is 0 Å². The molecule has 1 aromatic carbocycles. The Kier molecular flexibility index (Phi) is 23.8. The first-order chi connectivity index (χ1) is 19.8. The molecule has 1 saturated heterocycles. The van der Waals surface area contributed by atoms with Crippen molar-refractivity contribution < 1.29 is 8.78 Å². The molecule has 1 heterocycles. The van der Waals surface area contributed by atoms with Gasteiger partial charge >= 0.3 is 0 Å². The van der Waals surface area contributed by atoms with Gasteiger partial charge in [-0.3, -0.25) is 9.89 Å². The van der Waals surface area contributed by atoms with Crippen LogP contribution in [0.1, 0.15) is 98.6 Å². The van der Waals surface area contributed by atoms with Gasteiger partial charge in [-0.15, -0.1) is 0 Å². The Bertz CT molecular complexity index is 870. The molecule has 0 radical (unpaired) electrons. The Balaban J connectivity index is 0. The van der Waals surface area contributed by atoms with E-state index >= 15 is 0 Å². The zero-order chi connectivity index (χ0) is 32.7. The number of benzene rings is 1. The predicted molar refractivity (Wildman–Crippen MR) is 184 cm³/mol. The Hall–Kier alpha value is -2.51. The molecule has 242 valence electrons. The van der Waals surface area contributed by atoms with Crippen LogP contribution in [0.15, 0.2) is 54.3 Å². The van der Waals surface area contributed by atoms with Crippen molar-refractivity contribution in [1.29, 1.82) is 0 Å². The van der Waals surface area contributed by atoms with Crippen molar-refractivity contribution in [1.82, 2.24) is 9.80 Å². The summed E-state index contributed by atoms with van der Waals surface area (Å²) in [5.74, 6) is -1.63. The summed E-state index contributed by atoms with van der Waals surface area (Å²) in [7, 11) is 2.16. The Morgan fingerprint density at radius 2 is 1.69 bits per heavy atom. The van der Waals surface area contributed by atoms with Crippen molar-refractivity contribution in [3.63, 3.8) is 0 Å². The van der Waals surface area contributed by atoms with Gasteiger partial charge in [0, 0.05) is 30.9 Å². The van der Waals surface area contributed by atoms with Gasteiger partial charge in [-0.2, -0.15) is 0 Å². The van der Waals surface area contributed by atoms with Crippen molar-refractivity contribution >= 4 is 18.0 Å². The first kappa shape index (κ1) is 41.6. The van der Waals surface area contributed by atoms with E-state index in [9.17, 15) is 8.78 Å².